The summed E-state index contributed by atoms with van der Waals surface area (Å²) in [6.07, 6.45) is 1.81. The molecule has 1 unspecified atom stereocenters. The van der Waals surface area contributed by atoms with E-state index in [4.69, 9.17) is 0 Å². The molecular weight excluding hydrogens is 372 g/mol. The van der Waals surface area contributed by atoms with Crippen LogP contribution in [0.1, 0.15) is 12.5 Å². The van der Waals surface area contributed by atoms with Gasteiger partial charge in [-0.15, -0.1) is 0 Å². The molecule has 3 aromatic rings. The van der Waals surface area contributed by atoms with Crippen molar-refractivity contribution >= 4 is 23.7 Å². The van der Waals surface area contributed by atoms with Crippen LogP contribution in [0.3, 0.4) is 0 Å². The monoisotopic (exact) mass is 394 g/mol. The van der Waals surface area contributed by atoms with Crippen LogP contribution < -0.4 is 10.6 Å². The van der Waals surface area contributed by atoms with Crippen LogP contribution in [-0.2, 0) is 4.79 Å². The van der Waals surface area contributed by atoms with Crippen LogP contribution in [0.5, 0.6) is 0 Å². The maximum Gasteiger partial charge on any atom is 0.321 e. The SMILES string of the molecule is CNC(=O)NC(=O)C(C)Sc1ncc(-c2ccccc2)n1-c1ccc(C)cc1. The number of benzene rings is 2. The van der Waals surface area contributed by atoms with E-state index < -0.39 is 11.3 Å². The summed E-state index contributed by atoms with van der Waals surface area (Å²) in [6.45, 7) is 3.79. The highest BCUT2D eigenvalue weighted by Crippen LogP contribution is 2.31. The molecule has 28 heavy (non-hydrogen) atoms. The Labute approximate surface area is 168 Å². The second kappa shape index (κ2) is 8.75. The number of aromatic nitrogens is 2. The van der Waals surface area contributed by atoms with Gasteiger partial charge in [0.2, 0.25) is 5.91 Å². The summed E-state index contributed by atoms with van der Waals surface area (Å²) in [5.74, 6) is -0.371. The normalized spacial score (nSPS) is 11.7. The lowest BCUT2D eigenvalue weighted by molar-refractivity contribution is -0.119. The maximum atomic E-state index is 12.3. The molecule has 1 aromatic heterocycles. The summed E-state index contributed by atoms with van der Waals surface area (Å²) in [6, 6.07) is 17.6. The Hall–Kier alpha value is -3.06. The molecule has 2 N–H and O–H groups in total. The number of nitrogens with zero attached hydrogens (tertiary/aromatic N) is 2. The van der Waals surface area contributed by atoms with Crippen LogP contribution in [0.25, 0.3) is 16.9 Å². The van der Waals surface area contributed by atoms with Crippen molar-refractivity contribution in [1.29, 1.82) is 0 Å². The van der Waals surface area contributed by atoms with Crippen LogP contribution in [-0.4, -0.2) is 33.8 Å². The second-order valence-electron chi connectivity index (χ2n) is 6.29. The van der Waals surface area contributed by atoms with E-state index in [9.17, 15) is 9.59 Å². The highest BCUT2D eigenvalue weighted by atomic mass is 32.2. The summed E-state index contributed by atoms with van der Waals surface area (Å²) < 4.78 is 2.03. The number of aryl methyl sites for hydroxylation is 1. The van der Waals surface area contributed by atoms with Gasteiger partial charge in [-0.25, -0.2) is 9.78 Å². The molecule has 7 heteroatoms. The average molecular weight is 395 g/mol. The van der Waals surface area contributed by atoms with Gasteiger partial charge in [-0.2, -0.15) is 0 Å². The third-order valence-electron chi connectivity index (χ3n) is 4.21. The van der Waals surface area contributed by atoms with E-state index in [0.29, 0.717) is 5.16 Å². The molecule has 0 aliphatic heterocycles. The maximum absolute atomic E-state index is 12.3. The lowest BCUT2D eigenvalue weighted by Gasteiger charge is -2.15. The van der Waals surface area contributed by atoms with Gasteiger partial charge in [0.1, 0.15) is 0 Å². The van der Waals surface area contributed by atoms with Gasteiger partial charge in [-0.1, -0.05) is 59.8 Å². The number of urea groups is 1. The van der Waals surface area contributed by atoms with E-state index in [1.807, 2.05) is 66.1 Å². The topological polar surface area (TPSA) is 76.0 Å². The molecule has 0 fully saturated rings. The number of carbonyl (C=O) groups is 2. The molecule has 1 atom stereocenters. The number of carbonyl (C=O) groups excluding carboxylic acids is 2. The lowest BCUT2D eigenvalue weighted by atomic mass is 10.1. The predicted molar refractivity (Wildman–Crippen MR) is 112 cm³/mol. The molecule has 3 amide bonds. The minimum absolute atomic E-state index is 0.371. The summed E-state index contributed by atoms with van der Waals surface area (Å²) in [5, 5.41) is 4.88. The van der Waals surface area contributed by atoms with Crippen molar-refractivity contribution in [3.63, 3.8) is 0 Å². The van der Waals surface area contributed by atoms with Gasteiger partial charge < -0.3 is 5.32 Å². The quantitative estimate of drug-likeness (QED) is 0.646. The number of nitrogens with one attached hydrogen (secondary N) is 2. The highest BCUT2D eigenvalue weighted by Gasteiger charge is 2.21. The van der Waals surface area contributed by atoms with Crippen LogP contribution in [0.15, 0.2) is 66.0 Å². The Bertz CT molecular complexity index is 968. The first-order valence-corrected chi connectivity index (χ1v) is 9.77. The summed E-state index contributed by atoms with van der Waals surface area (Å²) in [7, 11) is 1.47. The number of imidazole rings is 1. The van der Waals surface area contributed by atoms with Crippen LogP contribution in [0.2, 0.25) is 0 Å². The molecular formula is C21H22N4O2S. The Balaban J connectivity index is 1.97. The van der Waals surface area contributed by atoms with Gasteiger partial charge in [0.05, 0.1) is 17.1 Å². The van der Waals surface area contributed by atoms with Crippen LogP contribution >= 0.6 is 11.8 Å². The molecule has 0 saturated carbocycles. The second-order valence-corrected chi connectivity index (χ2v) is 7.60. The number of thioether (sulfide) groups is 1. The smallest absolute Gasteiger partial charge is 0.321 e. The summed E-state index contributed by atoms with van der Waals surface area (Å²) in [5.41, 5.74) is 4.09. The Morgan fingerprint density at radius 1 is 1.07 bits per heavy atom. The Kier molecular flexibility index (Phi) is 6.16. The fourth-order valence-electron chi connectivity index (χ4n) is 2.66. The molecule has 6 nitrogen and oxygen atoms in total. The van der Waals surface area contributed by atoms with Crippen LogP contribution in [0.4, 0.5) is 4.79 Å². The number of amides is 3. The van der Waals surface area contributed by atoms with E-state index in [2.05, 4.69) is 15.6 Å². The Morgan fingerprint density at radius 2 is 1.75 bits per heavy atom. The fourth-order valence-corrected chi connectivity index (χ4v) is 3.57. The van der Waals surface area contributed by atoms with Gasteiger partial charge in [0, 0.05) is 18.3 Å². The largest absolute Gasteiger partial charge is 0.341 e. The molecule has 0 radical (unpaired) electrons. The van der Waals surface area contributed by atoms with E-state index >= 15 is 0 Å². The molecule has 0 saturated heterocycles. The summed E-state index contributed by atoms with van der Waals surface area (Å²) in [4.78, 5) is 28.2. The minimum Gasteiger partial charge on any atom is -0.341 e. The zero-order valence-corrected chi connectivity index (χ0v) is 16.8. The van der Waals surface area contributed by atoms with Crippen molar-refractivity contribution in [1.82, 2.24) is 20.2 Å². The molecule has 144 valence electrons. The third kappa shape index (κ3) is 4.43. The van der Waals surface area contributed by atoms with Crippen molar-refractivity contribution < 1.29 is 9.59 Å². The fraction of sp³-hybridized carbons (Fsp3) is 0.190. The first kappa shape index (κ1) is 19.7. The van der Waals surface area contributed by atoms with Gasteiger partial charge in [0.15, 0.2) is 5.16 Å². The Morgan fingerprint density at radius 3 is 2.39 bits per heavy atom. The molecule has 0 spiro atoms. The molecule has 3 rings (SSSR count). The minimum atomic E-state index is -0.524. The first-order valence-electron chi connectivity index (χ1n) is 8.89. The lowest BCUT2D eigenvalue weighted by Crippen LogP contribution is -2.41. The van der Waals surface area contributed by atoms with Crippen molar-refractivity contribution in [2.75, 3.05) is 7.05 Å². The number of hydrogen-bond acceptors (Lipinski definition) is 4. The molecule has 1 heterocycles. The van der Waals surface area contributed by atoms with Gasteiger partial charge in [-0.3, -0.25) is 14.7 Å². The van der Waals surface area contributed by atoms with Crippen molar-refractivity contribution in [2.24, 2.45) is 0 Å². The zero-order valence-electron chi connectivity index (χ0n) is 16.0. The summed E-state index contributed by atoms with van der Waals surface area (Å²) >= 11 is 1.31. The molecule has 0 aliphatic carbocycles. The van der Waals surface area contributed by atoms with E-state index in [-0.39, 0.29) is 5.91 Å². The van der Waals surface area contributed by atoms with E-state index in [1.165, 1.54) is 18.8 Å². The third-order valence-corrected chi connectivity index (χ3v) is 5.27. The van der Waals surface area contributed by atoms with Gasteiger partial charge in [0.25, 0.3) is 0 Å². The molecule has 0 bridgehead atoms. The molecule has 0 aliphatic rings. The van der Waals surface area contributed by atoms with Crippen molar-refractivity contribution in [3.8, 4) is 16.9 Å². The number of rotatable bonds is 5. The van der Waals surface area contributed by atoms with Gasteiger partial charge >= 0.3 is 6.03 Å². The first-order chi connectivity index (χ1) is 13.5. The van der Waals surface area contributed by atoms with Gasteiger partial charge in [-0.05, 0) is 26.0 Å². The van der Waals surface area contributed by atoms with Crippen molar-refractivity contribution in [3.05, 3.63) is 66.4 Å². The average Bonchev–Trinajstić information content (AvgIpc) is 3.12. The number of hydrogen-bond donors (Lipinski definition) is 2. The van der Waals surface area contributed by atoms with Crippen LogP contribution in [0, 0.1) is 6.92 Å². The predicted octanol–water partition coefficient (Wildman–Crippen LogP) is 3.78. The zero-order chi connectivity index (χ0) is 20.1. The number of imide groups is 1. The molecule has 2 aromatic carbocycles. The van der Waals surface area contributed by atoms with E-state index in [1.54, 1.807) is 13.1 Å². The highest BCUT2D eigenvalue weighted by molar-refractivity contribution is 8.00. The standard InChI is InChI=1S/C21H22N4O2S/c1-14-9-11-17(12-10-14)25-18(16-7-5-4-6-8-16)13-23-21(25)28-15(2)19(26)24-20(27)22-3/h4-13,15H,1-3H3,(H2,22,24,26,27). The van der Waals surface area contributed by atoms with E-state index in [0.717, 1.165) is 22.5 Å². The van der Waals surface area contributed by atoms with Crippen molar-refractivity contribution in [2.45, 2.75) is 24.3 Å².